The van der Waals surface area contributed by atoms with E-state index < -0.39 is 0 Å². The molecule has 0 spiro atoms. The van der Waals surface area contributed by atoms with Gasteiger partial charge in [-0.25, -0.2) is 0 Å². The minimum Gasteiger partial charge on any atom is -0.489 e. The number of halogens is 1. The minimum atomic E-state index is 0.543. The molecule has 0 amide bonds. The van der Waals surface area contributed by atoms with E-state index in [4.69, 9.17) is 16.3 Å². The second-order valence-corrected chi connectivity index (χ2v) is 6.38. The molecule has 0 atom stereocenters. The van der Waals surface area contributed by atoms with Crippen LogP contribution in [0.25, 0.3) is 0 Å². The molecule has 3 rings (SSSR count). The standard InChI is InChI=1S/C20H23ClN2O/c1-2-15-24-20-6-4-3-5-17(20)16-22-11-13-23(14-12-22)19-9-7-18(21)8-10-19/h2-10H,1,11-16H2. The molecule has 0 saturated carbocycles. The summed E-state index contributed by atoms with van der Waals surface area (Å²) in [5.74, 6) is 0.956. The third-order valence-electron chi connectivity index (χ3n) is 4.29. The fourth-order valence-corrected chi connectivity index (χ4v) is 3.11. The minimum absolute atomic E-state index is 0.543. The van der Waals surface area contributed by atoms with E-state index in [0.717, 1.165) is 43.5 Å². The Hall–Kier alpha value is -1.97. The summed E-state index contributed by atoms with van der Waals surface area (Å²) >= 11 is 5.97. The van der Waals surface area contributed by atoms with Crippen LogP contribution < -0.4 is 9.64 Å². The van der Waals surface area contributed by atoms with Crippen molar-refractivity contribution in [3.63, 3.8) is 0 Å². The van der Waals surface area contributed by atoms with Crippen LogP contribution >= 0.6 is 11.6 Å². The first-order valence-electron chi connectivity index (χ1n) is 8.31. The molecule has 1 fully saturated rings. The van der Waals surface area contributed by atoms with Gasteiger partial charge in [0.2, 0.25) is 0 Å². The first-order chi connectivity index (χ1) is 11.8. The van der Waals surface area contributed by atoms with Crippen LogP contribution in [-0.4, -0.2) is 37.7 Å². The highest BCUT2D eigenvalue weighted by atomic mass is 35.5. The van der Waals surface area contributed by atoms with Crippen LogP contribution in [0, 0.1) is 0 Å². The molecule has 2 aromatic carbocycles. The molecule has 24 heavy (non-hydrogen) atoms. The van der Waals surface area contributed by atoms with Gasteiger partial charge in [-0.3, -0.25) is 4.90 Å². The van der Waals surface area contributed by atoms with Gasteiger partial charge in [0, 0.05) is 49.0 Å². The molecule has 126 valence electrons. The molecule has 0 radical (unpaired) electrons. The lowest BCUT2D eigenvalue weighted by Gasteiger charge is -2.36. The van der Waals surface area contributed by atoms with Gasteiger partial charge in [-0.2, -0.15) is 0 Å². The summed E-state index contributed by atoms with van der Waals surface area (Å²) in [5, 5.41) is 0.786. The maximum atomic E-state index is 5.97. The number of benzene rings is 2. The van der Waals surface area contributed by atoms with Gasteiger partial charge in [-0.15, -0.1) is 0 Å². The Morgan fingerprint density at radius 2 is 1.71 bits per heavy atom. The van der Waals surface area contributed by atoms with Crippen LogP contribution in [-0.2, 0) is 6.54 Å². The van der Waals surface area contributed by atoms with Crippen LogP contribution in [0.4, 0.5) is 5.69 Å². The molecule has 1 heterocycles. The number of piperazine rings is 1. The van der Waals surface area contributed by atoms with Gasteiger partial charge in [-0.1, -0.05) is 42.5 Å². The topological polar surface area (TPSA) is 15.7 Å². The smallest absolute Gasteiger partial charge is 0.124 e. The van der Waals surface area contributed by atoms with Crippen molar-refractivity contribution >= 4 is 17.3 Å². The monoisotopic (exact) mass is 342 g/mol. The molecule has 0 bridgehead atoms. The van der Waals surface area contributed by atoms with Gasteiger partial charge in [0.1, 0.15) is 12.4 Å². The van der Waals surface area contributed by atoms with Crippen molar-refractivity contribution in [2.75, 3.05) is 37.7 Å². The summed E-state index contributed by atoms with van der Waals surface area (Å²) in [7, 11) is 0. The number of anilines is 1. The summed E-state index contributed by atoms with van der Waals surface area (Å²) < 4.78 is 5.76. The number of nitrogens with zero attached hydrogens (tertiary/aromatic N) is 2. The highest BCUT2D eigenvalue weighted by Gasteiger charge is 2.18. The third-order valence-corrected chi connectivity index (χ3v) is 4.54. The van der Waals surface area contributed by atoms with Crippen molar-refractivity contribution < 1.29 is 4.74 Å². The Morgan fingerprint density at radius 1 is 1.00 bits per heavy atom. The molecule has 1 saturated heterocycles. The largest absolute Gasteiger partial charge is 0.489 e. The Labute approximate surface area is 149 Å². The maximum Gasteiger partial charge on any atom is 0.124 e. The second kappa shape index (κ2) is 8.22. The fraction of sp³-hybridized carbons (Fsp3) is 0.300. The lowest BCUT2D eigenvalue weighted by molar-refractivity contribution is 0.244. The molecule has 4 heteroatoms. The number of rotatable bonds is 6. The predicted octanol–water partition coefficient (Wildman–Crippen LogP) is 4.23. The zero-order valence-electron chi connectivity index (χ0n) is 13.8. The van der Waals surface area contributed by atoms with Gasteiger partial charge in [0.15, 0.2) is 0 Å². The number of hydrogen-bond acceptors (Lipinski definition) is 3. The molecule has 2 aromatic rings. The molecule has 0 N–H and O–H groups in total. The molecule has 1 aliphatic rings. The van der Waals surface area contributed by atoms with Crippen molar-refractivity contribution in [1.29, 1.82) is 0 Å². The molecule has 3 nitrogen and oxygen atoms in total. The van der Waals surface area contributed by atoms with E-state index in [2.05, 4.69) is 40.6 Å². The maximum absolute atomic E-state index is 5.97. The van der Waals surface area contributed by atoms with Crippen LogP contribution in [0.3, 0.4) is 0 Å². The van der Waals surface area contributed by atoms with E-state index in [1.54, 1.807) is 6.08 Å². The third kappa shape index (κ3) is 4.31. The molecular formula is C20H23ClN2O. The van der Waals surface area contributed by atoms with E-state index in [9.17, 15) is 0 Å². The van der Waals surface area contributed by atoms with Gasteiger partial charge in [0.25, 0.3) is 0 Å². The highest BCUT2D eigenvalue weighted by Crippen LogP contribution is 2.23. The van der Waals surface area contributed by atoms with Crippen LogP contribution in [0.1, 0.15) is 5.56 Å². The SMILES string of the molecule is C=CCOc1ccccc1CN1CCN(c2ccc(Cl)cc2)CC1. The first-order valence-corrected chi connectivity index (χ1v) is 8.68. The Bertz CT molecular complexity index is 664. The van der Waals surface area contributed by atoms with E-state index >= 15 is 0 Å². The van der Waals surface area contributed by atoms with E-state index in [-0.39, 0.29) is 0 Å². The predicted molar refractivity (Wildman–Crippen MR) is 101 cm³/mol. The molecule has 0 aliphatic carbocycles. The Balaban J connectivity index is 1.57. The summed E-state index contributed by atoms with van der Waals surface area (Å²) in [4.78, 5) is 4.88. The lowest BCUT2D eigenvalue weighted by atomic mass is 10.1. The second-order valence-electron chi connectivity index (χ2n) is 5.95. The van der Waals surface area contributed by atoms with Gasteiger partial charge in [-0.05, 0) is 30.3 Å². The average molecular weight is 343 g/mol. The van der Waals surface area contributed by atoms with E-state index in [1.807, 2.05) is 24.3 Å². The van der Waals surface area contributed by atoms with Crippen molar-refractivity contribution in [3.05, 3.63) is 71.8 Å². The Kier molecular flexibility index (Phi) is 5.78. The summed E-state index contributed by atoms with van der Waals surface area (Å²) in [6.07, 6.45) is 1.78. The fourth-order valence-electron chi connectivity index (χ4n) is 2.98. The zero-order chi connectivity index (χ0) is 16.8. The number of ether oxygens (including phenoxy) is 1. The van der Waals surface area contributed by atoms with Gasteiger partial charge >= 0.3 is 0 Å². The van der Waals surface area contributed by atoms with Crippen LogP contribution in [0.2, 0.25) is 5.02 Å². The van der Waals surface area contributed by atoms with Gasteiger partial charge < -0.3 is 9.64 Å². The van der Waals surface area contributed by atoms with Crippen molar-refractivity contribution in [3.8, 4) is 5.75 Å². The molecule has 0 aromatic heterocycles. The van der Waals surface area contributed by atoms with E-state index in [1.165, 1.54) is 11.3 Å². The van der Waals surface area contributed by atoms with Crippen molar-refractivity contribution in [1.82, 2.24) is 4.90 Å². The summed E-state index contributed by atoms with van der Waals surface area (Å²) in [5.41, 5.74) is 2.48. The van der Waals surface area contributed by atoms with Crippen molar-refractivity contribution in [2.45, 2.75) is 6.54 Å². The van der Waals surface area contributed by atoms with Crippen LogP contribution in [0.5, 0.6) is 5.75 Å². The number of para-hydroxylation sites is 1. The van der Waals surface area contributed by atoms with Crippen LogP contribution in [0.15, 0.2) is 61.2 Å². The average Bonchev–Trinajstić information content (AvgIpc) is 2.62. The van der Waals surface area contributed by atoms with Crippen molar-refractivity contribution in [2.24, 2.45) is 0 Å². The highest BCUT2D eigenvalue weighted by molar-refractivity contribution is 6.30. The summed E-state index contributed by atoms with van der Waals surface area (Å²) in [6.45, 7) is 9.31. The van der Waals surface area contributed by atoms with E-state index in [0.29, 0.717) is 6.61 Å². The normalized spacial score (nSPS) is 15.3. The molecular weight excluding hydrogens is 320 g/mol. The summed E-state index contributed by atoms with van der Waals surface area (Å²) in [6, 6.07) is 16.4. The lowest BCUT2D eigenvalue weighted by Crippen LogP contribution is -2.46. The zero-order valence-corrected chi connectivity index (χ0v) is 14.6. The van der Waals surface area contributed by atoms with Gasteiger partial charge in [0.05, 0.1) is 0 Å². The Morgan fingerprint density at radius 3 is 2.42 bits per heavy atom. The first kappa shape index (κ1) is 16.9. The quantitative estimate of drug-likeness (QED) is 0.731. The number of hydrogen-bond donors (Lipinski definition) is 0. The molecule has 0 unspecified atom stereocenters. The molecule has 1 aliphatic heterocycles.